The maximum atomic E-state index is 12.0. The Morgan fingerprint density at radius 1 is 1.19 bits per heavy atom. The van der Waals surface area contributed by atoms with Crippen molar-refractivity contribution in [2.24, 2.45) is 0 Å². The molecule has 0 fully saturated rings. The molecule has 0 amide bonds. The third kappa shape index (κ3) is 2.81. The van der Waals surface area contributed by atoms with Crippen LogP contribution in [0.4, 0.5) is 0 Å². The molecule has 0 saturated heterocycles. The second-order valence-corrected chi connectivity index (χ2v) is 6.17. The minimum Gasteiger partial charge on any atom is -0.491 e. The second-order valence-electron chi connectivity index (χ2n) is 5.25. The van der Waals surface area contributed by atoms with Crippen LogP contribution in [0.3, 0.4) is 0 Å². The van der Waals surface area contributed by atoms with Gasteiger partial charge in [0, 0.05) is 15.6 Å². The van der Waals surface area contributed by atoms with Crippen LogP contribution in [0.25, 0.3) is 11.1 Å². The smallest absolute Gasteiger partial charge is 0.339 e. The minimum absolute atomic E-state index is 0.0823. The molecule has 0 aliphatic carbocycles. The number of benzene rings is 2. The van der Waals surface area contributed by atoms with Crippen LogP contribution in [0.1, 0.15) is 29.8 Å². The van der Waals surface area contributed by atoms with Gasteiger partial charge in [0.1, 0.15) is 12.4 Å². The molecule has 0 saturated carbocycles. The van der Waals surface area contributed by atoms with Crippen molar-refractivity contribution < 1.29 is 14.3 Å². The van der Waals surface area contributed by atoms with Crippen LogP contribution >= 0.6 is 15.9 Å². The number of carbonyl (C=O) groups is 1. The van der Waals surface area contributed by atoms with E-state index >= 15 is 0 Å². The van der Waals surface area contributed by atoms with E-state index in [1.807, 2.05) is 50.2 Å². The van der Waals surface area contributed by atoms with Gasteiger partial charge in [-0.05, 0) is 43.7 Å². The lowest BCUT2D eigenvalue weighted by Gasteiger charge is -2.13. The van der Waals surface area contributed by atoms with E-state index in [9.17, 15) is 4.79 Å². The van der Waals surface area contributed by atoms with Crippen LogP contribution in [0.2, 0.25) is 0 Å². The Kier molecular flexibility index (Phi) is 3.72. The normalized spacial score (nSPS) is 13.2. The number of halogens is 1. The highest BCUT2D eigenvalue weighted by Crippen LogP contribution is 2.36. The number of rotatable bonds is 3. The summed E-state index contributed by atoms with van der Waals surface area (Å²) < 4.78 is 11.9. The van der Waals surface area contributed by atoms with E-state index in [-0.39, 0.29) is 12.1 Å². The number of fused-ring (bicyclic) bond motifs is 1. The average Bonchev–Trinajstić information content (AvgIpc) is 2.80. The molecule has 4 heteroatoms. The van der Waals surface area contributed by atoms with Gasteiger partial charge in [-0.1, -0.05) is 28.1 Å². The Hall–Kier alpha value is -1.81. The monoisotopic (exact) mass is 346 g/mol. The Morgan fingerprint density at radius 3 is 2.57 bits per heavy atom. The number of hydrogen-bond acceptors (Lipinski definition) is 3. The van der Waals surface area contributed by atoms with Gasteiger partial charge in [-0.3, -0.25) is 0 Å². The van der Waals surface area contributed by atoms with Crippen molar-refractivity contribution >= 4 is 21.9 Å². The summed E-state index contributed by atoms with van der Waals surface area (Å²) in [5, 5.41) is 0. The Labute approximate surface area is 132 Å². The lowest BCUT2D eigenvalue weighted by atomic mass is 9.96. The molecule has 0 atom stereocenters. The summed E-state index contributed by atoms with van der Waals surface area (Å²) in [5.74, 6) is 0.499. The molecule has 3 rings (SSSR count). The molecule has 2 aromatic carbocycles. The van der Waals surface area contributed by atoms with E-state index in [0.717, 1.165) is 26.9 Å². The van der Waals surface area contributed by atoms with E-state index in [1.54, 1.807) is 0 Å². The summed E-state index contributed by atoms with van der Waals surface area (Å²) in [6, 6.07) is 11.7. The Morgan fingerprint density at radius 2 is 1.90 bits per heavy atom. The number of carbonyl (C=O) groups excluding carboxylic acids is 1. The molecule has 1 aliphatic rings. The molecule has 0 spiro atoms. The molecule has 21 heavy (non-hydrogen) atoms. The molecule has 0 radical (unpaired) electrons. The molecule has 0 N–H and O–H groups in total. The van der Waals surface area contributed by atoms with Crippen LogP contribution in [-0.2, 0) is 11.3 Å². The van der Waals surface area contributed by atoms with Gasteiger partial charge in [-0.25, -0.2) is 4.79 Å². The zero-order valence-electron chi connectivity index (χ0n) is 11.9. The Bertz CT molecular complexity index is 690. The quantitative estimate of drug-likeness (QED) is 0.763. The molecule has 3 nitrogen and oxygen atoms in total. The molecule has 2 aromatic rings. The first-order valence-electron chi connectivity index (χ1n) is 6.81. The molecular weight excluding hydrogens is 332 g/mol. The fourth-order valence-corrected chi connectivity index (χ4v) is 2.70. The van der Waals surface area contributed by atoms with Crippen molar-refractivity contribution in [3.8, 4) is 16.9 Å². The largest absolute Gasteiger partial charge is 0.491 e. The van der Waals surface area contributed by atoms with Gasteiger partial charge in [-0.15, -0.1) is 0 Å². The lowest BCUT2D eigenvalue weighted by molar-refractivity contribution is 0.0535. The van der Waals surface area contributed by atoms with Crippen LogP contribution in [0, 0.1) is 0 Å². The summed E-state index contributed by atoms with van der Waals surface area (Å²) in [6.45, 7) is 4.27. The molecule has 1 heterocycles. The minimum atomic E-state index is -0.265. The van der Waals surface area contributed by atoms with Crippen molar-refractivity contribution in [2.75, 3.05) is 0 Å². The molecular formula is C17H15BrO3. The standard InChI is InChI=1S/C17H15BrO3/c1-10(2)21-14-7-12-9-20-17(19)16(12)15(8-14)11-3-5-13(18)6-4-11/h3-8,10H,9H2,1-2H3. The summed E-state index contributed by atoms with van der Waals surface area (Å²) in [6.07, 6.45) is 0.0823. The van der Waals surface area contributed by atoms with Crippen LogP contribution < -0.4 is 4.74 Å². The number of hydrogen-bond donors (Lipinski definition) is 0. The van der Waals surface area contributed by atoms with E-state index in [4.69, 9.17) is 9.47 Å². The van der Waals surface area contributed by atoms with Crippen molar-refractivity contribution in [1.29, 1.82) is 0 Å². The highest BCUT2D eigenvalue weighted by molar-refractivity contribution is 9.10. The summed E-state index contributed by atoms with van der Waals surface area (Å²) >= 11 is 3.42. The van der Waals surface area contributed by atoms with E-state index in [1.165, 1.54) is 0 Å². The Balaban J connectivity index is 2.15. The van der Waals surface area contributed by atoms with E-state index in [0.29, 0.717) is 12.2 Å². The zero-order chi connectivity index (χ0) is 15.0. The van der Waals surface area contributed by atoms with Crippen LogP contribution in [0.5, 0.6) is 5.75 Å². The maximum Gasteiger partial charge on any atom is 0.339 e. The summed E-state index contributed by atoms with van der Waals surface area (Å²) in [7, 11) is 0. The van der Waals surface area contributed by atoms with Gasteiger partial charge >= 0.3 is 5.97 Å². The number of esters is 1. The summed E-state index contributed by atoms with van der Waals surface area (Å²) in [4.78, 5) is 12.0. The SMILES string of the molecule is CC(C)Oc1cc2c(c(-c3ccc(Br)cc3)c1)C(=O)OC2. The number of cyclic esters (lactones) is 1. The predicted octanol–water partition coefficient (Wildman–Crippen LogP) is 4.57. The topological polar surface area (TPSA) is 35.5 Å². The van der Waals surface area contributed by atoms with Gasteiger partial charge in [0.25, 0.3) is 0 Å². The molecule has 1 aliphatic heterocycles. The molecule has 0 unspecified atom stereocenters. The molecule has 0 aromatic heterocycles. The first-order chi connectivity index (χ1) is 10.0. The fraction of sp³-hybridized carbons (Fsp3) is 0.235. The molecule has 108 valence electrons. The molecule has 0 bridgehead atoms. The van der Waals surface area contributed by atoms with Crippen molar-refractivity contribution in [2.45, 2.75) is 26.6 Å². The van der Waals surface area contributed by atoms with Crippen molar-refractivity contribution in [3.63, 3.8) is 0 Å². The van der Waals surface area contributed by atoms with Gasteiger partial charge in [0.05, 0.1) is 11.7 Å². The second kappa shape index (κ2) is 5.53. The first-order valence-corrected chi connectivity index (χ1v) is 7.60. The van der Waals surface area contributed by atoms with Gasteiger partial charge in [0.15, 0.2) is 0 Å². The lowest BCUT2D eigenvalue weighted by Crippen LogP contribution is -2.06. The first kappa shape index (κ1) is 14.1. The third-order valence-corrected chi connectivity index (χ3v) is 3.81. The van der Waals surface area contributed by atoms with Gasteiger partial charge in [-0.2, -0.15) is 0 Å². The number of ether oxygens (including phenoxy) is 2. The van der Waals surface area contributed by atoms with Gasteiger partial charge in [0.2, 0.25) is 0 Å². The predicted molar refractivity (Wildman–Crippen MR) is 84.5 cm³/mol. The van der Waals surface area contributed by atoms with Crippen LogP contribution in [-0.4, -0.2) is 12.1 Å². The van der Waals surface area contributed by atoms with E-state index < -0.39 is 0 Å². The van der Waals surface area contributed by atoms with E-state index in [2.05, 4.69) is 15.9 Å². The third-order valence-electron chi connectivity index (χ3n) is 3.28. The van der Waals surface area contributed by atoms with Crippen LogP contribution in [0.15, 0.2) is 40.9 Å². The van der Waals surface area contributed by atoms with Crippen molar-refractivity contribution in [1.82, 2.24) is 0 Å². The highest BCUT2D eigenvalue weighted by atomic mass is 79.9. The highest BCUT2D eigenvalue weighted by Gasteiger charge is 2.26. The maximum absolute atomic E-state index is 12.0. The fourth-order valence-electron chi connectivity index (χ4n) is 2.44. The van der Waals surface area contributed by atoms with Gasteiger partial charge < -0.3 is 9.47 Å². The summed E-state index contributed by atoms with van der Waals surface area (Å²) in [5.41, 5.74) is 3.37. The average molecular weight is 347 g/mol. The zero-order valence-corrected chi connectivity index (χ0v) is 13.4. The van der Waals surface area contributed by atoms with Crippen molar-refractivity contribution in [3.05, 3.63) is 52.0 Å².